The molecular formula is C9H12F3N3. The Morgan fingerprint density at radius 2 is 2.13 bits per heavy atom. The summed E-state index contributed by atoms with van der Waals surface area (Å²) in [5.74, 6) is 0.250. The van der Waals surface area contributed by atoms with Gasteiger partial charge >= 0.3 is 6.18 Å². The molecule has 1 aromatic rings. The number of hydrogen-bond donors (Lipinski definition) is 1. The van der Waals surface area contributed by atoms with E-state index in [-0.39, 0.29) is 5.92 Å². The number of rotatable bonds is 3. The van der Waals surface area contributed by atoms with Crippen molar-refractivity contribution >= 4 is 0 Å². The fourth-order valence-electron chi connectivity index (χ4n) is 1.58. The van der Waals surface area contributed by atoms with E-state index in [4.69, 9.17) is 5.73 Å². The lowest BCUT2D eigenvalue weighted by molar-refractivity contribution is -0.141. The molecule has 6 heteroatoms. The minimum atomic E-state index is -4.36. The maximum Gasteiger partial charge on any atom is 0.435 e. The third kappa shape index (κ3) is 2.14. The fraction of sp³-hybridized carbons (Fsp3) is 0.667. The summed E-state index contributed by atoms with van der Waals surface area (Å²) in [6, 6.07) is 1.15. The van der Waals surface area contributed by atoms with E-state index in [0.717, 1.165) is 18.9 Å². The predicted molar refractivity (Wildman–Crippen MR) is 48.3 cm³/mol. The molecule has 2 rings (SSSR count). The molecule has 1 aliphatic rings. The van der Waals surface area contributed by atoms with E-state index in [0.29, 0.717) is 18.8 Å². The molecule has 0 aliphatic heterocycles. The maximum absolute atomic E-state index is 12.4. The van der Waals surface area contributed by atoms with Gasteiger partial charge < -0.3 is 5.73 Å². The van der Waals surface area contributed by atoms with Crippen LogP contribution in [0.5, 0.6) is 0 Å². The Bertz CT molecular complexity index is 352. The molecule has 1 saturated carbocycles. The van der Waals surface area contributed by atoms with Gasteiger partial charge in [0.15, 0.2) is 5.69 Å². The Balaban J connectivity index is 2.31. The van der Waals surface area contributed by atoms with E-state index in [1.165, 1.54) is 4.68 Å². The minimum Gasteiger partial charge on any atom is -0.329 e. The van der Waals surface area contributed by atoms with Crippen molar-refractivity contribution in [2.75, 3.05) is 6.54 Å². The van der Waals surface area contributed by atoms with E-state index in [9.17, 15) is 13.2 Å². The Kier molecular flexibility index (Phi) is 2.46. The second-order valence-electron chi connectivity index (χ2n) is 3.74. The maximum atomic E-state index is 12.4. The summed E-state index contributed by atoms with van der Waals surface area (Å²) < 4.78 is 38.6. The highest BCUT2D eigenvalue weighted by Gasteiger charge is 2.37. The molecule has 0 unspecified atom stereocenters. The molecule has 15 heavy (non-hydrogen) atoms. The summed E-state index contributed by atoms with van der Waals surface area (Å²) >= 11 is 0. The van der Waals surface area contributed by atoms with Gasteiger partial charge in [-0.25, -0.2) is 0 Å². The summed E-state index contributed by atoms with van der Waals surface area (Å²) in [7, 11) is 0. The van der Waals surface area contributed by atoms with Crippen molar-refractivity contribution in [2.45, 2.75) is 31.5 Å². The first kappa shape index (κ1) is 10.5. The van der Waals surface area contributed by atoms with E-state index in [1.54, 1.807) is 0 Å². The summed E-state index contributed by atoms with van der Waals surface area (Å²) in [6.45, 7) is 0.653. The first-order valence-corrected chi connectivity index (χ1v) is 4.87. The standard InChI is InChI=1S/C9H12F3N3/c10-9(11,12)8-5-7(6-1-2-6)15(14-8)4-3-13/h5-6H,1-4,13H2. The summed E-state index contributed by atoms with van der Waals surface area (Å²) in [5, 5.41) is 3.54. The zero-order valence-electron chi connectivity index (χ0n) is 8.09. The second-order valence-corrected chi connectivity index (χ2v) is 3.74. The molecule has 0 bridgehead atoms. The van der Waals surface area contributed by atoms with Crippen molar-refractivity contribution in [3.8, 4) is 0 Å². The second kappa shape index (κ2) is 3.52. The van der Waals surface area contributed by atoms with Crippen LogP contribution in [0.2, 0.25) is 0 Å². The van der Waals surface area contributed by atoms with Crippen LogP contribution in [0.25, 0.3) is 0 Å². The van der Waals surface area contributed by atoms with Crippen LogP contribution in [0.15, 0.2) is 6.07 Å². The Hall–Kier alpha value is -1.04. The van der Waals surface area contributed by atoms with Crippen LogP contribution in [-0.4, -0.2) is 16.3 Å². The largest absolute Gasteiger partial charge is 0.435 e. The number of halogens is 3. The molecule has 0 spiro atoms. The molecule has 1 fully saturated rings. The van der Waals surface area contributed by atoms with Crippen molar-refractivity contribution in [2.24, 2.45) is 5.73 Å². The SMILES string of the molecule is NCCn1nc(C(F)(F)F)cc1C1CC1. The molecule has 1 aliphatic carbocycles. The number of nitrogens with zero attached hydrogens (tertiary/aromatic N) is 2. The highest BCUT2D eigenvalue weighted by Crippen LogP contribution is 2.41. The van der Waals surface area contributed by atoms with Gasteiger partial charge in [-0.3, -0.25) is 4.68 Å². The molecule has 0 amide bonds. The summed E-state index contributed by atoms with van der Waals surface area (Å²) in [5.41, 5.74) is 5.19. The van der Waals surface area contributed by atoms with E-state index < -0.39 is 11.9 Å². The molecule has 0 atom stereocenters. The van der Waals surface area contributed by atoms with Crippen molar-refractivity contribution < 1.29 is 13.2 Å². The van der Waals surface area contributed by atoms with E-state index in [1.807, 2.05) is 0 Å². The van der Waals surface area contributed by atoms with Gasteiger partial charge in [0.2, 0.25) is 0 Å². The quantitative estimate of drug-likeness (QED) is 0.841. The highest BCUT2D eigenvalue weighted by atomic mass is 19.4. The summed E-state index contributed by atoms with van der Waals surface area (Å²) in [4.78, 5) is 0. The van der Waals surface area contributed by atoms with Crippen LogP contribution in [0.3, 0.4) is 0 Å². The molecule has 0 radical (unpaired) electrons. The van der Waals surface area contributed by atoms with Crippen molar-refractivity contribution in [1.29, 1.82) is 0 Å². The third-order valence-corrected chi connectivity index (χ3v) is 2.44. The molecule has 0 aromatic carbocycles. The van der Waals surface area contributed by atoms with Gasteiger partial charge in [-0.1, -0.05) is 0 Å². The van der Waals surface area contributed by atoms with Gasteiger partial charge in [-0.15, -0.1) is 0 Å². The average molecular weight is 219 g/mol. The average Bonchev–Trinajstić information content (AvgIpc) is 2.87. The zero-order chi connectivity index (χ0) is 11.1. The van der Waals surface area contributed by atoms with Crippen molar-refractivity contribution in [3.05, 3.63) is 17.5 Å². The Labute approximate surface area is 85.1 Å². The van der Waals surface area contributed by atoms with E-state index in [2.05, 4.69) is 5.10 Å². The number of nitrogens with two attached hydrogens (primary N) is 1. The summed E-state index contributed by atoms with van der Waals surface area (Å²) in [6.07, 6.45) is -2.45. The topological polar surface area (TPSA) is 43.8 Å². The number of hydrogen-bond acceptors (Lipinski definition) is 2. The monoisotopic (exact) mass is 219 g/mol. The lowest BCUT2D eigenvalue weighted by atomic mass is 10.2. The van der Waals surface area contributed by atoms with Crippen LogP contribution in [-0.2, 0) is 12.7 Å². The predicted octanol–water partition coefficient (Wildman–Crippen LogP) is 1.74. The van der Waals surface area contributed by atoms with Crippen molar-refractivity contribution in [1.82, 2.24) is 9.78 Å². The van der Waals surface area contributed by atoms with Crippen LogP contribution in [0, 0.1) is 0 Å². The molecule has 2 N–H and O–H groups in total. The smallest absolute Gasteiger partial charge is 0.329 e. The normalized spacial score (nSPS) is 17.1. The van der Waals surface area contributed by atoms with Gasteiger partial charge in [-0.05, 0) is 18.9 Å². The van der Waals surface area contributed by atoms with Crippen LogP contribution < -0.4 is 5.73 Å². The van der Waals surface area contributed by atoms with Crippen LogP contribution in [0.4, 0.5) is 13.2 Å². The third-order valence-electron chi connectivity index (χ3n) is 2.44. The molecule has 3 nitrogen and oxygen atoms in total. The van der Waals surface area contributed by atoms with Gasteiger partial charge in [0, 0.05) is 18.2 Å². The van der Waals surface area contributed by atoms with Gasteiger partial charge in [-0.2, -0.15) is 18.3 Å². The van der Waals surface area contributed by atoms with Gasteiger partial charge in [0.1, 0.15) is 0 Å². The first-order valence-electron chi connectivity index (χ1n) is 4.87. The molecule has 0 saturated heterocycles. The van der Waals surface area contributed by atoms with Crippen molar-refractivity contribution in [3.63, 3.8) is 0 Å². The van der Waals surface area contributed by atoms with Gasteiger partial charge in [0.05, 0.1) is 6.54 Å². The lowest BCUT2D eigenvalue weighted by Gasteiger charge is -2.03. The molecule has 84 valence electrons. The molecular weight excluding hydrogens is 207 g/mol. The van der Waals surface area contributed by atoms with Crippen LogP contribution in [0.1, 0.15) is 30.1 Å². The molecule has 1 aromatic heterocycles. The zero-order valence-corrected chi connectivity index (χ0v) is 8.09. The fourth-order valence-corrected chi connectivity index (χ4v) is 1.58. The van der Waals surface area contributed by atoms with E-state index >= 15 is 0 Å². The Morgan fingerprint density at radius 3 is 2.60 bits per heavy atom. The number of aromatic nitrogens is 2. The Morgan fingerprint density at radius 1 is 1.47 bits per heavy atom. The lowest BCUT2D eigenvalue weighted by Crippen LogP contribution is -2.14. The number of alkyl halides is 3. The van der Waals surface area contributed by atoms with Crippen LogP contribution >= 0.6 is 0 Å². The molecule has 1 heterocycles. The minimum absolute atomic E-state index is 0.250. The van der Waals surface area contributed by atoms with Gasteiger partial charge in [0.25, 0.3) is 0 Å². The highest BCUT2D eigenvalue weighted by molar-refractivity contribution is 5.20. The first-order chi connectivity index (χ1) is 7.02.